The van der Waals surface area contributed by atoms with E-state index in [1.807, 2.05) is 0 Å². The van der Waals surface area contributed by atoms with Gasteiger partial charge in [0.25, 0.3) is 0 Å². The third-order valence-electron chi connectivity index (χ3n) is 7.79. The molecule has 224 valence electrons. The van der Waals surface area contributed by atoms with Gasteiger partial charge in [0.15, 0.2) is 5.69 Å². The van der Waals surface area contributed by atoms with Crippen molar-refractivity contribution in [3.63, 3.8) is 0 Å². The molecule has 0 amide bonds. The lowest BCUT2D eigenvalue weighted by atomic mass is 9.99. The number of halogens is 6. The summed E-state index contributed by atoms with van der Waals surface area (Å²) in [5.74, 6) is -1.72. The maximum atomic E-state index is 13.5. The van der Waals surface area contributed by atoms with Crippen LogP contribution in [0.3, 0.4) is 0 Å². The van der Waals surface area contributed by atoms with Crippen LogP contribution in [0.1, 0.15) is 71.8 Å². The molecule has 9 nitrogen and oxygen atoms in total. The third kappa shape index (κ3) is 5.61. The van der Waals surface area contributed by atoms with Crippen LogP contribution in [-0.4, -0.2) is 50.8 Å². The van der Waals surface area contributed by atoms with Crippen molar-refractivity contribution in [1.29, 1.82) is 0 Å². The Morgan fingerprint density at radius 3 is 2.36 bits per heavy atom. The molecule has 2 bridgehead atoms. The Morgan fingerprint density at radius 2 is 1.74 bits per heavy atom. The number of carbonyl (C=O) groups is 1. The van der Waals surface area contributed by atoms with Gasteiger partial charge in [-0.25, -0.2) is 14.8 Å². The molecule has 3 aliphatic rings. The Labute approximate surface area is 234 Å². The number of hydrogen-bond acceptors (Lipinski definition) is 8. The fourth-order valence-corrected chi connectivity index (χ4v) is 5.88. The molecule has 3 aromatic rings. The topological polar surface area (TPSA) is 111 Å². The molecule has 1 aromatic carbocycles. The predicted molar refractivity (Wildman–Crippen MR) is 132 cm³/mol. The number of carboxylic acid groups (broad SMARTS) is 1. The minimum atomic E-state index is -4.97. The van der Waals surface area contributed by atoms with Gasteiger partial charge in [-0.1, -0.05) is 17.3 Å². The zero-order valence-electron chi connectivity index (χ0n) is 21.8. The van der Waals surface area contributed by atoms with Crippen molar-refractivity contribution in [2.24, 2.45) is 0 Å². The lowest BCUT2D eigenvalue weighted by Gasteiger charge is -2.39. The van der Waals surface area contributed by atoms with Crippen molar-refractivity contribution in [3.8, 4) is 17.0 Å². The largest absolute Gasteiger partial charge is 0.573 e. The Bertz CT molecular complexity index is 1470. The fourth-order valence-electron chi connectivity index (χ4n) is 5.88. The Hall–Kier alpha value is -3.88. The summed E-state index contributed by atoms with van der Waals surface area (Å²) in [5, 5.41) is 13.2. The Kier molecular flexibility index (Phi) is 7.02. The summed E-state index contributed by atoms with van der Waals surface area (Å²) < 4.78 is 95.9. The number of rotatable bonds is 8. The summed E-state index contributed by atoms with van der Waals surface area (Å²) in [6.45, 7) is 0.0111. The molecule has 0 spiro atoms. The number of anilines is 1. The third-order valence-corrected chi connectivity index (χ3v) is 7.79. The first-order chi connectivity index (χ1) is 19.9. The minimum absolute atomic E-state index is 0.0111. The van der Waals surface area contributed by atoms with E-state index in [0.717, 1.165) is 12.8 Å². The zero-order chi connectivity index (χ0) is 29.8. The van der Waals surface area contributed by atoms with Crippen molar-refractivity contribution < 1.29 is 50.2 Å². The van der Waals surface area contributed by atoms with Gasteiger partial charge in [0.2, 0.25) is 5.95 Å². The number of hydrogen-bond donors (Lipinski definition) is 1. The number of ether oxygens (including phenoxy) is 2. The Morgan fingerprint density at radius 1 is 1.05 bits per heavy atom. The highest BCUT2D eigenvalue weighted by atomic mass is 19.4. The first-order valence-corrected chi connectivity index (χ1v) is 13.3. The summed E-state index contributed by atoms with van der Waals surface area (Å²) in [5.41, 5.74) is -1.67. The number of carboxylic acids is 1. The normalized spacial score (nSPS) is 22.4. The zero-order valence-corrected chi connectivity index (χ0v) is 21.8. The van der Waals surface area contributed by atoms with Gasteiger partial charge < -0.3 is 24.0 Å². The minimum Gasteiger partial charge on any atom is -0.478 e. The number of nitrogens with zero attached hydrogens (tertiary/aromatic N) is 4. The van der Waals surface area contributed by atoms with Crippen LogP contribution in [0.4, 0.5) is 32.3 Å². The second kappa shape index (κ2) is 10.4. The molecule has 2 aromatic heterocycles. The number of aromatic nitrogens is 3. The molecule has 1 aliphatic carbocycles. The van der Waals surface area contributed by atoms with Crippen molar-refractivity contribution in [2.45, 2.75) is 81.8 Å². The van der Waals surface area contributed by atoms with E-state index in [4.69, 9.17) is 14.4 Å². The lowest BCUT2D eigenvalue weighted by Crippen LogP contribution is -2.46. The summed E-state index contributed by atoms with van der Waals surface area (Å²) in [7, 11) is 0. The second-order valence-corrected chi connectivity index (χ2v) is 10.6. The molecule has 2 aliphatic heterocycles. The summed E-state index contributed by atoms with van der Waals surface area (Å²) in [6.07, 6.45) is -5.60. The van der Waals surface area contributed by atoms with Gasteiger partial charge in [0, 0.05) is 35.3 Å². The van der Waals surface area contributed by atoms with Crippen LogP contribution in [-0.2, 0) is 17.5 Å². The van der Waals surface area contributed by atoms with E-state index in [0.29, 0.717) is 43.2 Å². The Balaban J connectivity index is 1.21. The summed E-state index contributed by atoms with van der Waals surface area (Å²) in [4.78, 5) is 20.6. The maximum Gasteiger partial charge on any atom is 0.573 e. The van der Waals surface area contributed by atoms with E-state index in [9.17, 15) is 31.1 Å². The molecule has 42 heavy (non-hydrogen) atoms. The number of alkyl halides is 6. The van der Waals surface area contributed by atoms with Crippen LogP contribution in [0.25, 0.3) is 11.3 Å². The van der Waals surface area contributed by atoms with Gasteiger partial charge in [0.1, 0.15) is 22.8 Å². The van der Waals surface area contributed by atoms with Crippen LogP contribution in [0.5, 0.6) is 5.75 Å². The molecule has 15 heteroatoms. The molecule has 3 fully saturated rings. The predicted octanol–water partition coefficient (Wildman–Crippen LogP) is 6.34. The van der Waals surface area contributed by atoms with Crippen LogP contribution in [0.2, 0.25) is 0 Å². The van der Waals surface area contributed by atoms with E-state index in [2.05, 4.69) is 19.9 Å². The number of para-hydroxylation sites is 1. The highest BCUT2D eigenvalue weighted by molar-refractivity contribution is 5.88. The SMILES string of the molecule is O=C(O)c1cnc(N2C3CCC2CC(OCc2c(-c4ccccc4OC(F)(F)F)noc2C2CC2)C3)nc1C(F)(F)F. The molecule has 2 saturated heterocycles. The van der Waals surface area contributed by atoms with Crippen LogP contribution in [0.15, 0.2) is 35.0 Å². The van der Waals surface area contributed by atoms with E-state index >= 15 is 0 Å². The lowest BCUT2D eigenvalue weighted by molar-refractivity contribution is -0.274. The number of aromatic carboxylic acids is 1. The summed E-state index contributed by atoms with van der Waals surface area (Å²) >= 11 is 0. The van der Waals surface area contributed by atoms with Crippen molar-refractivity contribution in [3.05, 3.63) is 53.0 Å². The smallest absolute Gasteiger partial charge is 0.478 e. The van der Waals surface area contributed by atoms with Gasteiger partial charge in [-0.15, -0.1) is 13.2 Å². The van der Waals surface area contributed by atoms with E-state index in [-0.39, 0.29) is 47.9 Å². The average Bonchev–Trinajstić information content (AvgIpc) is 3.62. The molecule has 1 N–H and O–H groups in total. The number of benzene rings is 1. The van der Waals surface area contributed by atoms with Crippen LogP contribution >= 0.6 is 0 Å². The molecule has 0 radical (unpaired) electrons. The monoisotopic (exact) mass is 598 g/mol. The average molecular weight is 599 g/mol. The number of piperidine rings is 1. The maximum absolute atomic E-state index is 13.5. The van der Waals surface area contributed by atoms with Gasteiger partial charge >= 0.3 is 18.5 Å². The van der Waals surface area contributed by atoms with Crippen molar-refractivity contribution in [2.75, 3.05) is 4.90 Å². The van der Waals surface area contributed by atoms with Gasteiger partial charge in [-0.05, 0) is 50.7 Å². The summed E-state index contributed by atoms with van der Waals surface area (Å²) in [6, 6.07) is 5.16. The van der Waals surface area contributed by atoms with Gasteiger partial charge in [-0.2, -0.15) is 13.2 Å². The number of fused-ring (bicyclic) bond motifs is 2. The van der Waals surface area contributed by atoms with Gasteiger partial charge in [0.05, 0.1) is 12.7 Å². The highest BCUT2D eigenvalue weighted by Crippen LogP contribution is 2.46. The van der Waals surface area contributed by atoms with Gasteiger partial charge in [-0.3, -0.25) is 0 Å². The molecule has 4 heterocycles. The molecular weight excluding hydrogens is 574 g/mol. The first-order valence-electron chi connectivity index (χ1n) is 13.3. The molecule has 1 saturated carbocycles. The van der Waals surface area contributed by atoms with Crippen molar-refractivity contribution in [1.82, 2.24) is 15.1 Å². The second-order valence-electron chi connectivity index (χ2n) is 10.6. The van der Waals surface area contributed by atoms with Crippen LogP contribution < -0.4 is 9.64 Å². The van der Waals surface area contributed by atoms with E-state index in [1.165, 1.54) is 18.2 Å². The quantitative estimate of drug-likeness (QED) is 0.297. The van der Waals surface area contributed by atoms with Crippen LogP contribution in [0, 0.1) is 0 Å². The molecule has 2 unspecified atom stereocenters. The molecule has 6 rings (SSSR count). The van der Waals surface area contributed by atoms with Crippen molar-refractivity contribution >= 4 is 11.9 Å². The standard InChI is InChI=1S/C27H24F6N4O5/c28-26(29,30)23-18(24(38)39)11-34-25(35-23)37-14-7-8-15(37)10-16(9-14)40-12-19-21(36-42-22(19)13-5-6-13)17-3-1-2-4-20(17)41-27(31,32)33/h1-4,11,13-16H,5-10,12H2,(H,38,39). The molecule has 2 atom stereocenters. The molecular formula is C27H24F6N4O5. The van der Waals surface area contributed by atoms with E-state index in [1.54, 1.807) is 11.0 Å². The highest BCUT2D eigenvalue weighted by Gasteiger charge is 2.45. The fraction of sp³-hybridized carbons (Fsp3) is 0.481. The first kappa shape index (κ1) is 28.2. The van der Waals surface area contributed by atoms with E-state index < -0.39 is 35.5 Å².